The molecule has 3 aromatic carbocycles. The van der Waals surface area contributed by atoms with Crippen molar-refractivity contribution in [2.24, 2.45) is 0 Å². The van der Waals surface area contributed by atoms with E-state index in [1.54, 1.807) is 16.3 Å². The Morgan fingerprint density at radius 3 is 2.08 bits per heavy atom. The van der Waals surface area contributed by atoms with Gasteiger partial charge >= 0.3 is 158 Å². The fourth-order valence-corrected chi connectivity index (χ4v) is 12.9. The van der Waals surface area contributed by atoms with Crippen LogP contribution in [-0.2, 0) is 0 Å². The van der Waals surface area contributed by atoms with Crippen molar-refractivity contribution in [3.63, 3.8) is 0 Å². The Morgan fingerprint density at radius 1 is 0.720 bits per heavy atom. The molecule has 1 heterocycles. The van der Waals surface area contributed by atoms with Crippen molar-refractivity contribution in [2.45, 2.75) is 26.2 Å². The molecule has 0 spiro atoms. The molecule has 0 N–H and O–H groups in total. The first-order valence-electron chi connectivity index (χ1n) is 9.21. The number of fused-ring (bicyclic) bond motifs is 1. The minimum atomic E-state index is -2.12. The van der Waals surface area contributed by atoms with Crippen molar-refractivity contribution in [1.29, 1.82) is 0 Å². The van der Waals surface area contributed by atoms with E-state index in [9.17, 15) is 0 Å². The van der Waals surface area contributed by atoms with Gasteiger partial charge in [0.2, 0.25) is 0 Å². The van der Waals surface area contributed by atoms with E-state index < -0.39 is 19.8 Å². The van der Waals surface area contributed by atoms with Crippen molar-refractivity contribution in [3.05, 3.63) is 96.1 Å². The van der Waals surface area contributed by atoms with Gasteiger partial charge in [-0.25, -0.2) is 0 Å². The number of unbranched alkanes of at least 4 members (excludes halogenated alkanes) is 1. The van der Waals surface area contributed by atoms with E-state index in [0.29, 0.717) is 0 Å². The summed E-state index contributed by atoms with van der Waals surface area (Å²) in [6, 6.07) is 31.6. The first-order chi connectivity index (χ1) is 12.4. The van der Waals surface area contributed by atoms with Gasteiger partial charge in [-0.05, 0) is 0 Å². The molecule has 0 unspecified atom stereocenters. The van der Waals surface area contributed by atoms with E-state index in [1.165, 1.54) is 30.4 Å². The molecule has 0 bridgehead atoms. The molecule has 1 aliphatic rings. The zero-order valence-electron chi connectivity index (χ0n) is 14.7. The van der Waals surface area contributed by atoms with Crippen LogP contribution in [0, 0.1) is 0 Å². The van der Waals surface area contributed by atoms with Gasteiger partial charge in [-0.2, -0.15) is 0 Å². The average molecular weight is 430 g/mol. The average Bonchev–Trinajstić information content (AvgIpc) is 3.02. The van der Waals surface area contributed by atoms with Gasteiger partial charge in [0.25, 0.3) is 0 Å². The van der Waals surface area contributed by atoms with Crippen LogP contribution in [0.25, 0.3) is 9.16 Å². The van der Waals surface area contributed by atoms with Gasteiger partial charge in [0.05, 0.1) is 0 Å². The summed E-state index contributed by atoms with van der Waals surface area (Å²) in [5.41, 5.74) is 4.61. The van der Waals surface area contributed by atoms with Crippen LogP contribution in [0.4, 0.5) is 0 Å². The van der Waals surface area contributed by atoms with Crippen LogP contribution in [0.3, 0.4) is 0 Å². The molecule has 0 saturated carbocycles. The van der Waals surface area contributed by atoms with E-state index in [1.807, 2.05) is 0 Å². The van der Waals surface area contributed by atoms with Crippen molar-refractivity contribution in [3.8, 4) is 0 Å². The Labute approximate surface area is 158 Å². The molecule has 0 saturated heterocycles. The van der Waals surface area contributed by atoms with Crippen molar-refractivity contribution in [2.75, 3.05) is 0 Å². The molecule has 1 heteroatoms. The van der Waals surface area contributed by atoms with Crippen LogP contribution < -0.4 is 7.16 Å². The van der Waals surface area contributed by atoms with Crippen LogP contribution in [0.2, 0.25) is 0 Å². The normalized spacial score (nSPS) is 13.2. The topological polar surface area (TPSA) is 0 Å². The van der Waals surface area contributed by atoms with Crippen molar-refractivity contribution >= 4 is 36.1 Å². The number of allylic oxidation sites excluding steroid dienone is 1. The SMILES string of the molecule is CCCCC1=[C](c2ccccc2)[Sn-]([c]2ccccc2)[c]2ccccc21. The Kier molecular flexibility index (Phi) is 5.07. The Balaban J connectivity index is 1.95. The zero-order valence-corrected chi connectivity index (χ0v) is 17.6. The van der Waals surface area contributed by atoms with E-state index in [0.717, 1.165) is 0 Å². The first-order valence-corrected chi connectivity index (χ1v) is 13.5. The second-order valence-electron chi connectivity index (χ2n) is 6.61. The predicted molar refractivity (Wildman–Crippen MR) is 111 cm³/mol. The molecular formula is C24H23Sn-. The molecule has 0 radical (unpaired) electrons. The van der Waals surface area contributed by atoms with Crippen LogP contribution >= 0.6 is 0 Å². The Hall–Kier alpha value is -1.80. The second-order valence-corrected chi connectivity index (χ2v) is 13.4. The molecule has 0 fully saturated rings. The van der Waals surface area contributed by atoms with Crippen LogP contribution in [0.15, 0.2) is 84.9 Å². The third-order valence-electron chi connectivity index (χ3n) is 4.98. The summed E-state index contributed by atoms with van der Waals surface area (Å²) >= 11 is -2.12. The summed E-state index contributed by atoms with van der Waals surface area (Å²) in [5.74, 6) is 0. The summed E-state index contributed by atoms with van der Waals surface area (Å²) < 4.78 is 4.94. The molecule has 1 aliphatic heterocycles. The predicted octanol–water partition coefficient (Wildman–Crippen LogP) is 4.95. The molecule has 0 aliphatic carbocycles. The minimum absolute atomic E-state index is 1.20. The maximum absolute atomic E-state index is 2.40. The molecule has 0 nitrogen and oxygen atoms in total. The van der Waals surface area contributed by atoms with Gasteiger partial charge in [0.15, 0.2) is 0 Å². The standard InChI is InChI=1S/C18H18.C6H5.Sn/c1-2-3-12-18(17-13-8-5-9-14-17)15-16-10-6-4-7-11-16;1-2-4-6-5-3-1;/h4-11,13H,2-3,12H2,1H3;1-5H;/q;;-1. The maximum atomic E-state index is 2.40. The van der Waals surface area contributed by atoms with E-state index in [-0.39, 0.29) is 0 Å². The summed E-state index contributed by atoms with van der Waals surface area (Å²) in [4.78, 5) is 0. The molecule has 0 atom stereocenters. The molecule has 25 heavy (non-hydrogen) atoms. The van der Waals surface area contributed by atoms with Gasteiger partial charge in [-0.1, -0.05) is 0 Å². The summed E-state index contributed by atoms with van der Waals surface area (Å²) in [6.45, 7) is 2.29. The first kappa shape index (κ1) is 16.7. The molecule has 124 valence electrons. The summed E-state index contributed by atoms with van der Waals surface area (Å²) in [7, 11) is 0. The molecular weight excluding hydrogens is 407 g/mol. The summed E-state index contributed by atoms with van der Waals surface area (Å²) in [6.07, 6.45) is 3.72. The van der Waals surface area contributed by atoms with E-state index in [2.05, 4.69) is 91.9 Å². The van der Waals surface area contributed by atoms with Crippen molar-refractivity contribution < 1.29 is 0 Å². The number of hydrogen-bond donors (Lipinski definition) is 0. The van der Waals surface area contributed by atoms with Crippen LogP contribution in [0.5, 0.6) is 0 Å². The van der Waals surface area contributed by atoms with Gasteiger partial charge < -0.3 is 0 Å². The van der Waals surface area contributed by atoms with Gasteiger partial charge in [0.1, 0.15) is 0 Å². The van der Waals surface area contributed by atoms with Crippen molar-refractivity contribution in [1.82, 2.24) is 0 Å². The number of rotatable bonds is 5. The van der Waals surface area contributed by atoms with Crippen LogP contribution in [0.1, 0.15) is 37.3 Å². The molecule has 0 aromatic heterocycles. The molecule has 0 amide bonds. The summed E-state index contributed by atoms with van der Waals surface area (Å²) in [5, 5.41) is 0. The second kappa shape index (κ2) is 7.61. The quantitative estimate of drug-likeness (QED) is 0.503. The fourth-order valence-electron chi connectivity index (χ4n) is 3.83. The van der Waals surface area contributed by atoms with Gasteiger partial charge in [-0.3, -0.25) is 0 Å². The Bertz CT molecular complexity index is 878. The van der Waals surface area contributed by atoms with Gasteiger partial charge in [-0.15, -0.1) is 0 Å². The third-order valence-corrected chi connectivity index (χ3v) is 13.5. The van der Waals surface area contributed by atoms with Crippen LogP contribution in [-0.4, -0.2) is 19.8 Å². The van der Waals surface area contributed by atoms with E-state index in [4.69, 9.17) is 0 Å². The third kappa shape index (κ3) is 3.20. The van der Waals surface area contributed by atoms with Gasteiger partial charge in [0, 0.05) is 0 Å². The fraction of sp³-hybridized carbons (Fsp3) is 0.167. The van der Waals surface area contributed by atoms with E-state index >= 15 is 0 Å². The monoisotopic (exact) mass is 431 g/mol. The Morgan fingerprint density at radius 2 is 1.36 bits per heavy atom. The zero-order chi connectivity index (χ0) is 17.1. The number of benzene rings is 3. The molecule has 4 rings (SSSR count). The molecule has 3 aromatic rings. The number of hydrogen-bond acceptors (Lipinski definition) is 0.